The van der Waals surface area contributed by atoms with Crippen LogP contribution in [0, 0.1) is 6.92 Å². The number of anilines is 2. The molecule has 0 spiro atoms. The summed E-state index contributed by atoms with van der Waals surface area (Å²) in [6.45, 7) is 9.54. The van der Waals surface area contributed by atoms with Gasteiger partial charge in [-0.3, -0.25) is 9.10 Å². The largest absolute Gasteiger partial charge is 0.491 e. The van der Waals surface area contributed by atoms with Crippen molar-refractivity contribution in [2.24, 2.45) is 0 Å². The summed E-state index contributed by atoms with van der Waals surface area (Å²) < 4.78 is 31.4. The Hall–Kier alpha value is -2.54. The molecule has 2 aromatic carbocycles. The van der Waals surface area contributed by atoms with E-state index in [1.54, 1.807) is 24.3 Å². The molecule has 2 rings (SSSR count). The van der Waals surface area contributed by atoms with E-state index in [0.717, 1.165) is 27.4 Å². The minimum Gasteiger partial charge on any atom is -0.491 e. The first-order chi connectivity index (χ1) is 13.5. The molecular weight excluding hydrogens is 388 g/mol. The maximum Gasteiger partial charge on any atom is 0.245 e. The SMILES string of the molecule is Cc1cccc(C(C)C)c1NC(=O)CN(c1ccc(OC(C)C)cc1)S(C)(=O)=O. The van der Waals surface area contributed by atoms with Crippen molar-refractivity contribution in [1.29, 1.82) is 0 Å². The van der Waals surface area contributed by atoms with Gasteiger partial charge in [-0.25, -0.2) is 8.42 Å². The van der Waals surface area contributed by atoms with Crippen molar-refractivity contribution in [3.8, 4) is 5.75 Å². The summed E-state index contributed by atoms with van der Waals surface area (Å²) in [5.74, 6) is 0.474. The third-order valence-corrected chi connectivity index (χ3v) is 5.52. The lowest BCUT2D eigenvalue weighted by Gasteiger charge is -2.23. The van der Waals surface area contributed by atoms with Gasteiger partial charge in [0, 0.05) is 5.69 Å². The van der Waals surface area contributed by atoms with Crippen LogP contribution in [0.1, 0.15) is 44.7 Å². The molecule has 29 heavy (non-hydrogen) atoms. The van der Waals surface area contributed by atoms with E-state index in [2.05, 4.69) is 5.32 Å². The van der Waals surface area contributed by atoms with Crippen molar-refractivity contribution in [3.05, 3.63) is 53.6 Å². The zero-order valence-corrected chi connectivity index (χ0v) is 18.7. The number of ether oxygens (including phenoxy) is 1. The lowest BCUT2D eigenvalue weighted by atomic mass is 9.98. The minimum absolute atomic E-state index is 0.0157. The molecule has 0 unspecified atom stereocenters. The number of nitrogens with zero attached hydrogens (tertiary/aromatic N) is 1. The number of amides is 1. The van der Waals surface area contributed by atoms with Crippen LogP contribution in [-0.2, 0) is 14.8 Å². The predicted octanol–water partition coefficient (Wildman–Crippen LogP) is 4.31. The van der Waals surface area contributed by atoms with E-state index >= 15 is 0 Å². The van der Waals surface area contributed by atoms with Crippen molar-refractivity contribution in [1.82, 2.24) is 0 Å². The fourth-order valence-corrected chi connectivity index (χ4v) is 3.87. The highest BCUT2D eigenvalue weighted by atomic mass is 32.2. The van der Waals surface area contributed by atoms with Gasteiger partial charge in [0.25, 0.3) is 0 Å². The lowest BCUT2D eigenvalue weighted by molar-refractivity contribution is -0.114. The third-order valence-electron chi connectivity index (χ3n) is 4.38. The summed E-state index contributed by atoms with van der Waals surface area (Å²) in [5.41, 5.74) is 3.10. The van der Waals surface area contributed by atoms with E-state index in [4.69, 9.17) is 4.74 Å². The number of sulfonamides is 1. The summed E-state index contributed by atoms with van der Waals surface area (Å²) in [6, 6.07) is 12.5. The number of carbonyl (C=O) groups excluding carboxylic acids is 1. The molecular formula is C22H30N2O4S. The van der Waals surface area contributed by atoms with E-state index in [1.165, 1.54) is 0 Å². The Bertz CT molecular complexity index is 951. The Balaban J connectivity index is 2.25. The molecule has 0 aliphatic heterocycles. The molecule has 1 N–H and O–H groups in total. The quantitative estimate of drug-likeness (QED) is 0.693. The fraction of sp³-hybridized carbons (Fsp3) is 0.409. The van der Waals surface area contributed by atoms with Gasteiger partial charge in [0.2, 0.25) is 15.9 Å². The van der Waals surface area contributed by atoms with Gasteiger partial charge in [-0.15, -0.1) is 0 Å². The van der Waals surface area contributed by atoms with Crippen LogP contribution >= 0.6 is 0 Å². The molecule has 0 saturated heterocycles. The van der Waals surface area contributed by atoms with Gasteiger partial charge < -0.3 is 10.1 Å². The highest BCUT2D eigenvalue weighted by Crippen LogP contribution is 2.28. The smallest absolute Gasteiger partial charge is 0.245 e. The van der Waals surface area contributed by atoms with Gasteiger partial charge in [-0.1, -0.05) is 32.0 Å². The standard InChI is InChI=1S/C22H30N2O4S/c1-15(2)20-9-7-8-17(5)22(20)23-21(25)14-24(29(6,26)27)18-10-12-19(13-11-18)28-16(3)4/h7-13,15-16H,14H2,1-6H3,(H,23,25). The van der Waals surface area contributed by atoms with Crippen LogP contribution in [0.15, 0.2) is 42.5 Å². The second-order valence-corrected chi connectivity index (χ2v) is 9.58. The zero-order chi connectivity index (χ0) is 21.8. The summed E-state index contributed by atoms with van der Waals surface area (Å²) in [7, 11) is -3.65. The molecule has 6 nitrogen and oxygen atoms in total. The van der Waals surface area contributed by atoms with Crippen LogP contribution in [0.4, 0.5) is 11.4 Å². The first-order valence-corrected chi connectivity index (χ1v) is 11.5. The number of para-hydroxylation sites is 1. The van der Waals surface area contributed by atoms with Crippen LogP contribution < -0.4 is 14.4 Å². The minimum atomic E-state index is -3.65. The Labute approximate surface area is 173 Å². The Morgan fingerprint density at radius 1 is 1.07 bits per heavy atom. The predicted molar refractivity (Wildman–Crippen MR) is 118 cm³/mol. The van der Waals surface area contributed by atoms with Crippen molar-refractivity contribution >= 4 is 27.3 Å². The second-order valence-electron chi connectivity index (χ2n) is 7.67. The van der Waals surface area contributed by atoms with Crippen LogP contribution in [0.2, 0.25) is 0 Å². The number of hydrogen-bond donors (Lipinski definition) is 1. The molecule has 0 bridgehead atoms. The maximum atomic E-state index is 12.7. The van der Waals surface area contributed by atoms with Gasteiger partial charge in [0.05, 0.1) is 18.0 Å². The van der Waals surface area contributed by atoms with Crippen LogP contribution in [0.25, 0.3) is 0 Å². The molecule has 0 aliphatic carbocycles. The average Bonchev–Trinajstić information content (AvgIpc) is 2.60. The molecule has 0 aromatic heterocycles. The molecule has 0 saturated carbocycles. The van der Waals surface area contributed by atoms with Gasteiger partial charge in [0.15, 0.2) is 0 Å². The normalized spacial score (nSPS) is 11.6. The van der Waals surface area contributed by atoms with Crippen molar-refractivity contribution in [2.75, 3.05) is 22.4 Å². The lowest BCUT2D eigenvalue weighted by Crippen LogP contribution is -2.37. The monoisotopic (exact) mass is 418 g/mol. The summed E-state index contributed by atoms with van der Waals surface area (Å²) in [5, 5.41) is 2.90. The topological polar surface area (TPSA) is 75.7 Å². The fourth-order valence-electron chi connectivity index (χ4n) is 3.01. The number of carbonyl (C=O) groups is 1. The van der Waals surface area contributed by atoms with Crippen molar-refractivity contribution < 1.29 is 17.9 Å². The summed E-state index contributed by atoms with van der Waals surface area (Å²) in [4.78, 5) is 12.7. The second kappa shape index (κ2) is 9.31. The first-order valence-electron chi connectivity index (χ1n) is 9.62. The number of hydrogen-bond acceptors (Lipinski definition) is 4. The van der Waals surface area contributed by atoms with E-state index in [-0.39, 0.29) is 18.6 Å². The number of nitrogens with one attached hydrogen (secondary N) is 1. The summed E-state index contributed by atoms with van der Waals surface area (Å²) >= 11 is 0. The highest BCUT2D eigenvalue weighted by molar-refractivity contribution is 7.92. The van der Waals surface area contributed by atoms with Gasteiger partial charge in [0.1, 0.15) is 12.3 Å². The molecule has 1 amide bonds. The third kappa shape index (κ3) is 6.22. The molecule has 7 heteroatoms. The number of aryl methyl sites for hydroxylation is 1. The van der Waals surface area contributed by atoms with E-state index in [1.807, 2.05) is 52.8 Å². The summed E-state index contributed by atoms with van der Waals surface area (Å²) in [6.07, 6.45) is 1.11. The van der Waals surface area contributed by atoms with Crippen LogP contribution in [0.3, 0.4) is 0 Å². The van der Waals surface area contributed by atoms with E-state index in [0.29, 0.717) is 11.4 Å². The van der Waals surface area contributed by atoms with Gasteiger partial charge >= 0.3 is 0 Å². The Morgan fingerprint density at radius 3 is 2.21 bits per heavy atom. The van der Waals surface area contributed by atoms with E-state index < -0.39 is 15.9 Å². The Morgan fingerprint density at radius 2 is 1.69 bits per heavy atom. The van der Waals surface area contributed by atoms with Gasteiger partial charge in [-0.2, -0.15) is 0 Å². The number of benzene rings is 2. The molecule has 2 aromatic rings. The highest BCUT2D eigenvalue weighted by Gasteiger charge is 2.22. The molecule has 0 fully saturated rings. The van der Waals surface area contributed by atoms with E-state index in [9.17, 15) is 13.2 Å². The van der Waals surface area contributed by atoms with Crippen molar-refractivity contribution in [2.45, 2.75) is 46.6 Å². The molecule has 0 atom stereocenters. The molecule has 158 valence electrons. The van der Waals surface area contributed by atoms with Crippen molar-refractivity contribution in [3.63, 3.8) is 0 Å². The Kier molecular flexibility index (Phi) is 7.30. The zero-order valence-electron chi connectivity index (χ0n) is 17.9. The van der Waals surface area contributed by atoms with Crippen LogP contribution in [-0.4, -0.2) is 33.2 Å². The van der Waals surface area contributed by atoms with Crippen LogP contribution in [0.5, 0.6) is 5.75 Å². The molecule has 0 radical (unpaired) electrons. The maximum absolute atomic E-state index is 12.7. The molecule has 0 aliphatic rings. The molecule has 0 heterocycles. The van der Waals surface area contributed by atoms with Gasteiger partial charge in [-0.05, 0) is 62.1 Å². The first kappa shape index (κ1) is 22.7. The number of rotatable bonds is 8. The average molecular weight is 419 g/mol.